The number of likely N-dealkylation sites (tertiary alicyclic amines) is 1. The maximum atomic E-state index is 12.5. The maximum Gasteiger partial charge on any atom is 0.293 e. The fourth-order valence-electron chi connectivity index (χ4n) is 3.15. The van der Waals surface area contributed by atoms with Gasteiger partial charge in [0.1, 0.15) is 11.4 Å². The molecule has 11 heteroatoms. The van der Waals surface area contributed by atoms with E-state index in [0.29, 0.717) is 31.3 Å². The van der Waals surface area contributed by atoms with Gasteiger partial charge in [0.05, 0.1) is 0 Å². The van der Waals surface area contributed by atoms with Crippen LogP contribution in [-0.2, 0) is 19.3 Å². The Kier molecular flexibility index (Phi) is 9.74. The van der Waals surface area contributed by atoms with Gasteiger partial charge < -0.3 is 10.2 Å². The summed E-state index contributed by atoms with van der Waals surface area (Å²) in [6, 6.07) is 4.28. The van der Waals surface area contributed by atoms with E-state index >= 15 is 0 Å². The average Bonchev–Trinajstić information content (AvgIpc) is 3.03. The molecule has 182 valence electrons. The number of nitrogens with zero attached hydrogens (tertiary/aromatic N) is 2. The molecule has 4 amide bonds. The summed E-state index contributed by atoms with van der Waals surface area (Å²) in [6.07, 6.45) is -0.312. The van der Waals surface area contributed by atoms with Crippen molar-refractivity contribution in [2.24, 2.45) is 11.8 Å². The lowest BCUT2D eigenvalue weighted by molar-refractivity contribution is -0.141. The van der Waals surface area contributed by atoms with Crippen molar-refractivity contribution in [3.05, 3.63) is 29.6 Å². The minimum atomic E-state index is -0.774. The van der Waals surface area contributed by atoms with Crippen molar-refractivity contribution in [3.63, 3.8) is 0 Å². The van der Waals surface area contributed by atoms with Gasteiger partial charge in [0, 0.05) is 25.6 Å². The van der Waals surface area contributed by atoms with E-state index in [0.717, 1.165) is 0 Å². The van der Waals surface area contributed by atoms with Crippen molar-refractivity contribution < 1.29 is 28.9 Å². The summed E-state index contributed by atoms with van der Waals surface area (Å²) in [4.78, 5) is 64.7. The Balaban J connectivity index is 1.84. The molecule has 2 atom stereocenters. The molecule has 1 saturated heterocycles. The van der Waals surface area contributed by atoms with Gasteiger partial charge in [0.2, 0.25) is 5.91 Å². The third kappa shape index (κ3) is 8.10. The highest BCUT2D eigenvalue weighted by atomic mass is 16.7. The fourth-order valence-corrected chi connectivity index (χ4v) is 3.15. The first kappa shape index (κ1) is 26.2. The first-order chi connectivity index (χ1) is 15.6. The van der Waals surface area contributed by atoms with Crippen molar-refractivity contribution >= 4 is 23.6 Å². The molecule has 0 aromatic carbocycles. The molecule has 0 aliphatic carbocycles. The van der Waals surface area contributed by atoms with Crippen molar-refractivity contribution in [1.82, 2.24) is 26.2 Å². The molecule has 2 rings (SSSR count). The highest BCUT2D eigenvalue weighted by Gasteiger charge is 2.38. The van der Waals surface area contributed by atoms with Crippen LogP contribution in [0.2, 0.25) is 0 Å². The van der Waals surface area contributed by atoms with Gasteiger partial charge in [-0.2, -0.15) is 0 Å². The zero-order valence-corrected chi connectivity index (χ0v) is 19.7. The number of nitrogens with one attached hydrogen (secondary N) is 3. The number of carbonyl (C=O) groups excluding carboxylic acids is 4. The van der Waals surface area contributed by atoms with Gasteiger partial charge in [0.25, 0.3) is 17.7 Å². The van der Waals surface area contributed by atoms with Crippen LogP contribution < -0.4 is 16.3 Å². The standard InChI is InChI=1S/C22H33N5O6/c1-13(2)10-23-19(28)12-32-25-20(29)16-7-6-8-17(24-16)21(30)26-33-18-9-15(5)27(22(18)31)11-14(3)4/h6-8,13-15,18H,9-12H2,1-5H3,(H,23,28)(H,25,29)(H,26,30)/t15?,18-/m1/s1. The number of rotatable bonds is 11. The number of hydrogen-bond donors (Lipinski definition) is 3. The lowest BCUT2D eigenvalue weighted by Gasteiger charge is -2.23. The molecule has 1 aliphatic heterocycles. The molecule has 1 aliphatic rings. The third-order valence-electron chi connectivity index (χ3n) is 4.79. The zero-order chi connectivity index (χ0) is 24.5. The number of aromatic nitrogens is 1. The zero-order valence-electron chi connectivity index (χ0n) is 19.7. The molecule has 2 heterocycles. The van der Waals surface area contributed by atoms with Crippen LogP contribution in [0.15, 0.2) is 18.2 Å². The molecule has 1 unspecified atom stereocenters. The van der Waals surface area contributed by atoms with E-state index in [9.17, 15) is 19.2 Å². The summed E-state index contributed by atoms with van der Waals surface area (Å²) in [5, 5.41) is 2.65. The number of amides is 4. The topological polar surface area (TPSA) is 139 Å². The SMILES string of the molecule is CC(C)CNC(=O)CONC(=O)c1cccc(C(=O)NO[C@@H]2CC(C)N(CC(C)C)C2=O)n1. The van der Waals surface area contributed by atoms with Gasteiger partial charge in [-0.15, -0.1) is 0 Å². The normalized spacial score (nSPS) is 18.0. The molecule has 0 saturated carbocycles. The lowest BCUT2D eigenvalue weighted by Crippen LogP contribution is -2.39. The first-order valence-electron chi connectivity index (χ1n) is 11.0. The van der Waals surface area contributed by atoms with Crippen LogP contribution in [0.5, 0.6) is 0 Å². The molecular formula is C22H33N5O6. The van der Waals surface area contributed by atoms with Gasteiger partial charge in [0.15, 0.2) is 12.7 Å². The Hall–Kier alpha value is -3.05. The van der Waals surface area contributed by atoms with Crippen LogP contribution >= 0.6 is 0 Å². The van der Waals surface area contributed by atoms with E-state index in [1.165, 1.54) is 18.2 Å². The minimum absolute atomic E-state index is 0.0133. The Morgan fingerprint density at radius 2 is 1.73 bits per heavy atom. The van der Waals surface area contributed by atoms with Crippen LogP contribution in [0.25, 0.3) is 0 Å². The fraction of sp³-hybridized carbons (Fsp3) is 0.591. The predicted molar refractivity (Wildman–Crippen MR) is 118 cm³/mol. The second-order valence-corrected chi connectivity index (χ2v) is 8.83. The molecule has 0 spiro atoms. The predicted octanol–water partition coefficient (Wildman–Crippen LogP) is 0.822. The van der Waals surface area contributed by atoms with Crippen molar-refractivity contribution in [1.29, 1.82) is 0 Å². The van der Waals surface area contributed by atoms with Crippen LogP contribution in [-0.4, -0.2) is 65.4 Å². The summed E-state index contributed by atoms with van der Waals surface area (Å²) >= 11 is 0. The number of carbonyl (C=O) groups is 4. The molecule has 0 bridgehead atoms. The average molecular weight is 464 g/mol. The molecule has 1 aromatic rings. The van der Waals surface area contributed by atoms with E-state index in [4.69, 9.17) is 9.68 Å². The quantitative estimate of drug-likeness (QED) is 0.413. The summed E-state index contributed by atoms with van der Waals surface area (Å²) in [5.74, 6) is -1.34. The molecule has 11 nitrogen and oxygen atoms in total. The van der Waals surface area contributed by atoms with E-state index in [1.807, 2.05) is 34.6 Å². The minimum Gasteiger partial charge on any atom is -0.354 e. The van der Waals surface area contributed by atoms with E-state index in [2.05, 4.69) is 21.3 Å². The van der Waals surface area contributed by atoms with Gasteiger partial charge >= 0.3 is 0 Å². The molecule has 0 radical (unpaired) electrons. The monoisotopic (exact) mass is 463 g/mol. The molecular weight excluding hydrogens is 430 g/mol. The van der Waals surface area contributed by atoms with Gasteiger partial charge in [-0.1, -0.05) is 33.8 Å². The second kappa shape index (κ2) is 12.3. The van der Waals surface area contributed by atoms with Crippen LogP contribution in [0.1, 0.15) is 62.0 Å². The summed E-state index contributed by atoms with van der Waals surface area (Å²) in [5.41, 5.74) is 4.21. The van der Waals surface area contributed by atoms with Gasteiger partial charge in [-0.05, 0) is 30.9 Å². The molecule has 1 fully saturated rings. The Labute approximate surface area is 193 Å². The summed E-state index contributed by atoms with van der Waals surface area (Å²) in [7, 11) is 0. The Morgan fingerprint density at radius 1 is 1.09 bits per heavy atom. The molecule has 3 N–H and O–H groups in total. The van der Waals surface area contributed by atoms with Gasteiger partial charge in [-0.25, -0.2) is 15.9 Å². The third-order valence-corrected chi connectivity index (χ3v) is 4.79. The summed E-state index contributed by atoms with van der Waals surface area (Å²) in [6.45, 7) is 10.7. The largest absolute Gasteiger partial charge is 0.354 e. The van der Waals surface area contributed by atoms with E-state index < -0.39 is 17.9 Å². The van der Waals surface area contributed by atoms with Crippen LogP contribution in [0.4, 0.5) is 0 Å². The maximum absolute atomic E-state index is 12.5. The highest BCUT2D eigenvalue weighted by molar-refractivity contribution is 5.95. The van der Waals surface area contributed by atoms with Crippen molar-refractivity contribution in [2.45, 2.75) is 53.2 Å². The highest BCUT2D eigenvalue weighted by Crippen LogP contribution is 2.22. The van der Waals surface area contributed by atoms with Gasteiger partial charge in [-0.3, -0.25) is 28.9 Å². The first-order valence-corrected chi connectivity index (χ1v) is 11.0. The Morgan fingerprint density at radius 3 is 2.33 bits per heavy atom. The van der Waals surface area contributed by atoms with E-state index in [-0.39, 0.29) is 35.9 Å². The van der Waals surface area contributed by atoms with Crippen LogP contribution in [0, 0.1) is 11.8 Å². The number of pyridine rings is 1. The number of hydrogen-bond acceptors (Lipinski definition) is 7. The smallest absolute Gasteiger partial charge is 0.293 e. The van der Waals surface area contributed by atoms with Crippen LogP contribution in [0.3, 0.4) is 0 Å². The molecule has 33 heavy (non-hydrogen) atoms. The number of hydroxylamine groups is 2. The molecule has 1 aromatic heterocycles. The van der Waals surface area contributed by atoms with E-state index in [1.54, 1.807) is 4.90 Å². The Bertz CT molecular complexity index is 859. The van der Waals surface area contributed by atoms with Crippen molar-refractivity contribution in [2.75, 3.05) is 19.7 Å². The van der Waals surface area contributed by atoms with Crippen molar-refractivity contribution in [3.8, 4) is 0 Å². The lowest BCUT2D eigenvalue weighted by atomic mass is 10.2. The summed E-state index contributed by atoms with van der Waals surface area (Å²) < 4.78 is 0. The second-order valence-electron chi connectivity index (χ2n) is 8.83.